The fourth-order valence-electron chi connectivity index (χ4n) is 3.21. The first kappa shape index (κ1) is 17.7. The Labute approximate surface area is 158 Å². The molecule has 2 heterocycles. The van der Waals surface area contributed by atoms with Crippen LogP contribution >= 0.6 is 11.6 Å². The van der Waals surface area contributed by atoms with Gasteiger partial charge in [-0.1, -0.05) is 11.6 Å². The molecule has 1 saturated carbocycles. The molecular weight excluding hydrogens is 373 g/mol. The lowest BCUT2D eigenvalue weighted by Gasteiger charge is -2.07. The summed E-state index contributed by atoms with van der Waals surface area (Å²) < 4.78 is 20.8. The maximum Gasteiger partial charge on any atom is 0.359 e. The number of rotatable bonds is 4. The van der Waals surface area contributed by atoms with Crippen LogP contribution in [-0.2, 0) is 4.74 Å². The quantitative estimate of drug-likeness (QED) is 0.688. The number of benzene rings is 1. The van der Waals surface area contributed by atoms with Crippen LogP contribution in [0.1, 0.15) is 47.3 Å². The number of ether oxygens (including phenoxy) is 1. The molecule has 0 radical (unpaired) electrons. The average Bonchev–Trinajstić information content (AvgIpc) is 3.38. The highest BCUT2D eigenvalue weighted by molar-refractivity contribution is 6.31. The Morgan fingerprint density at radius 3 is 2.85 bits per heavy atom. The largest absolute Gasteiger partial charge is 0.461 e. The first-order valence-electron chi connectivity index (χ1n) is 8.69. The van der Waals surface area contributed by atoms with Crippen molar-refractivity contribution in [1.82, 2.24) is 14.6 Å². The SMILES string of the molecule is CCOC(=O)c1nn2cc(-c3cc(C)c(Cl)cc3F)[nH]c(=O)c2c1C1CC1. The summed E-state index contributed by atoms with van der Waals surface area (Å²) in [6, 6.07) is 2.77. The van der Waals surface area contributed by atoms with Gasteiger partial charge < -0.3 is 9.72 Å². The lowest BCUT2D eigenvalue weighted by molar-refractivity contribution is 0.0517. The number of hydrogen-bond donors (Lipinski definition) is 1. The highest BCUT2D eigenvalue weighted by atomic mass is 35.5. The molecule has 0 bridgehead atoms. The Morgan fingerprint density at radius 2 is 2.19 bits per heavy atom. The van der Waals surface area contributed by atoms with E-state index in [1.807, 2.05) is 0 Å². The minimum absolute atomic E-state index is 0.114. The van der Waals surface area contributed by atoms with Crippen LogP contribution in [0.25, 0.3) is 16.8 Å². The number of H-pyrrole nitrogens is 1. The second kappa shape index (κ2) is 6.49. The van der Waals surface area contributed by atoms with Crippen molar-refractivity contribution >= 4 is 23.1 Å². The van der Waals surface area contributed by atoms with Gasteiger partial charge in [-0.15, -0.1) is 0 Å². The molecular formula is C19H17ClFN3O3. The lowest BCUT2D eigenvalue weighted by Crippen LogP contribution is -2.12. The van der Waals surface area contributed by atoms with Crippen LogP contribution in [0.2, 0.25) is 5.02 Å². The highest BCUT2D eigenvalue weighted by Crippen LogP contribution is 2.43. The third kappa shape index (κ3) is 3.02. The van der Waals surface area contributed by atoms with Gasteiger partial charge >= 0.3 is 5.97 Å². The Kier molecular flexibility index (Phi) is 4.26. The van der Waals surface area contributed by atoms with Gasteiger partial charge in [0.25, 0.3) is 5.56 Å². The summed E-state index contributed by atoms with van der Waals surface area (Å²) in [6.07, 6.45) is 3.29. The Bertz CT molecular complexity index is 1130. The molecule has 0 spiro atoms. The van der Waals surface area contributed by atoms with E-state index in [0.717, 1.165) is 12.8 Å². The maximum absolute atomic E-state index is 14.4. The Morgan fingerprint density at radius 1 is 1.44 bits per heavy atom. The zero-order valence-electron chi connectivity index (χ0n) is 14.8. The van der Waals surface area contributed by atoms with E-state index in [4.69, 9.17) is 16.3 Å². The van der Waals surface area contributed by atoms with E-state index in [0.29, 0.717) is 21.7 Å². The topological polar surface area (TPSA) is 76.5 Å². The van der Waals surface area contributed by atoms with Gasteiger partial charge in [0.1, 0.15) is 11.3 Å². The molecule has 3 aromatic rings. The second-order valence-electron chi connectivity index (χ2n) is 6.63. The number of aryl methyl sites for hydroxylation is 1. The third-order valence-electron chi connectivity index (χ3n) is 4.65. The predicted molar refractivity (Wildman–Crippen MR) is 98.9 cm³/mol. The molecule has 4 rings (SSSR count). The predicted octanol–water partition coefficient (Wildman–Crippen LogP) is 3.84. The number of nitrogens with zero attached hydrogens (tertiary/aromatic N) is 2. The van der Waals surface area contributed by atoms with E-state index < -0.39 is 17.3 Å². The van der Waals surface area contributed by atoms with Gasteiger partial charge in [-0.2, -0.15) is 5.10 Å². The van der Waals surface area contributed by atoms with Gasteiger partial charge in [0.15, 0.2) is 5.69 Å². The molecule has 0 atom stereocenters. The molecule has 8 heteroatoms. The minimum atomic E-state index is -0.558. The van der Waals surface area contributed by atoms with Crippen molar-refractivity contribution in [2.75, 3.05) is 6.61 Å². The molecule has 1 fully saturated rings. The summed E-state index contributed by atoms with van der Waals surface area (Å²) in [5, 5.41) is 4.59. The summed E-state index contributed by atoms with van der Waals surface area (Å²) in [5.41, 5.74) is 1.77. The number of carbonyl (C=O) groups is 1. The van der Waals surface area contributed by atoms with Crippen LogP contribution < -0.4 is 5.56 Å². The molecule has 0 amide bonds. The van der Waals surface area contributed by atoms with Crippen LogP contribution in [-0.4, -0.2) is 27.2 Å². The molecule has 0 aliphatic heterocycles. The van der Waals surface area contributed by atoms with Crippen LogP contribution in [0.3, 0.4) is 0 Å². The first-order valence-corrected chi connectivity index (χ1v) is 9.07. The van der Waals surface area contributed by atoms with Crippen molar-refractivity contribution in [2.24, 2.45) is 0 Å². The van der Waals surface area contributed by atoms with Crippen molar-refractivity contribution in [2.45, 2.75) is 32.6 Å². The van der Waals surface area contributed by atoms with Gasteiger partial charge in [-0.05, 0) is 50.3 Å². The second-order valence-corrected chi connectivity index (χ2v) is 7.04. The van der Waals surface area contributed by atoms with E-state index in [9.17, 15) is 14.0 Å². The van der Waals surface area contributed by atoms with Gasteiger partial charge in [-0.25, -0.2) is 13.7 Å². The fourth-order valence-corrected chi connectivity index (χ4v) is 3.36. The molecule has 0 unspecified atom stereocenters. The summed E-state index contributed by atoms with van der Waals surface area (Å²) >= 11 is 5.95. The molecule has 2 aromatic heterocycles. The molecule has 27 heavy (non-hydrogen) atoms. The van der Waals surface area contributed by atoms with E-state index in [1.54, 1.807) is 19.9 Å². The number of fused-ring (bicyclic) bond motifs is 1. The summed E-state index contributed by atoms with van der Waals surface area (Å²) in [5.74, 6) is -0.998. The standard InChI is InChI=1S/C19H17ClFN3O3/c1-3-27-19(26)16-15(10-4-5-10)17-18(25)22-14(8-24(17)23-16)11-6-9(2)12(20)7-13(11)21/h6-8,10H,3-5H2,1-2H3,(H,22,25). The van der Waals surface area contributed by atoms with E-state index in [1.165, 1.54) is 16.8 Å². The number of halogens is 2. The van der Waals surface area contributed by atoms with Crippen molar-refractivity contribution in [3.63, 3.8) is 0 Å². The highest BCUT2D eigenvalue weighted by Gasteiger charge is 2.34. The van der Waals surface area contributed by atoms with Crippen LogP contribution in [0.15, 0.2) is 23.1 Å². The van der Waals surface area contributed by atoms with Crippen molar-refractivity contribution in [3.8, 4) is 11.3 Å². The summed E-state index contributed by atoms with van der Waals surface area (Å²) in [4.78, 5) is 27.8. The average molecular weight is 390 g/mol. The number of aromatic nitrogens is 3. The Balaban J connectivity index is 1.94. The number of carbonyl (C=O) groups excluding carboxylic acids is 1. The Hall–Kier alpha value is -2.67. The van der Waals surface area contributed by atoms with Gasteiger partial charge in [-0.3, -0.25) is 4.79 Å². The molecule has 1 aromatic carbocycles. The smallest absolute Gasteiger partial charge is 0.359 e. The lowest BCUT2D eigenvalue weighted by atomic mass is 10.1. The molecule has 6 nitrogen and oxygen atoms in total. The van der Waals surface area contributed by atoms with Crippen LogP contribution in [0, 0.1) is 12.7 Å². The van der Waals surface area contributed by atoms with Crippen molar-refractivity contribution < 1.29 is 13.9 Å². The summed E-state index contributed by atoms with van der Waals surface area (Å²) in [7, 11) is 0. The van der Waals surface area contributed by atoms with E-state index >= 15 is 0 Å². The number of hydrogen-bond acceptors (Lipinski definition) is 4. The monoisotopic (exact) mass is 389 g/mol. The van der Waals surface area contributed by atoms with Crippen molar-refractivity contribution in [3.05, 3.63) is 56.3 Å². The maximum atomic E-state index is 14.4. The first-order chi connectivity index (χ1) is 12.9. The minimum Gasteiger partial charge on any atom is -0.461 e. The number of nitrogens with one attached hydrogen (secondary N) is 1. The molecule has 140 valence electrons. The van der Waals surface area contributed by atoms with Crippen LogP contribution in [0.5, 0.6) is 0 Å². The molecule has 0 saturated heterocycles. The van der Waals surface area contributed by atoms with Crippen molar-refractivity contribution in [1.29, 1.82) is 0 Å². The van der Waals surface area contributed by atoms with Crippen LogP contribution in [0.4, 0.5) is 4.39 Å². The molecule has 1 aliphatic carbocycles. The molecule has 1 N–H and O–H groups in total. The van der Waals surface area contributed by atoms with E-state index in [-0.39, 0.29) is 29.5 Å². The third-order valence-corrected chi connectivity index (χ3v) is 5.06. The van der Waals surface area contributed by atoms with Gasteiger partial charge in [0.05, 0.1) is 18.5 Å². The zero-order valence-corrected chi connectivity index (χ0v) is 15.6. The molecule has 1 aliphatic rings. The normalized spacial score (nSPS) is 13.9. The van der Waals surface area contributed by atoms with Gasteiger partial charge in [0.2, 0.25) is 0 Å². The fraction of sp³-hybridized carbons (Fsp3) is 0.316. The number of esters is 1. The summed E-state index contributed by atoms with van der Waals surface area (Å²) in [6.45, 7) is 3.68. The number of aromatic amines is 1. The van der Waals surface area contributed by atoms with E-state index in [2.05, 4.69) is 10.1 Å². The van der Waals surface area contributed by atoms with Gasteiger partial charge in [0, 0.05) is 16.1 Å². The zero-order chi connectivity index (χ0) is 19.3.